The molecular formula is C11H12N2O4S. The zero-order chi connectivity index (χ0) is 13.5. The highest BCUT2D eigenvalue weighted by molar-refractivity contribution is 7.12. The molecule has 0 atom stereocenters. The van der Waals surface area contributed by atoms with Crippen LogP contribution in [-0.4, -0.2) is 42.1 Å². The molecule has 0 aliphatic heterocycles. The molecule has 0 aromatic carbocycles. The molecule has 7 heteroatoms. The summed E-state index contributed by atoms with van der Waals surface area (Å²) in [5.41, 5.74) is 0. The summed E-state index contributed by atoms with van der Waals surface area (Å²) in [5.74, 6) is -1.19. The highest BCUT2D eigenvalue weighted by atomic mass is 32.1. The predicted octanol–water partition coefficient (Wildman–Crippen LogP) is 1.20. The minimum atomic E-state index is -1.08. The van der Waals surface area contributed by atoms with Crippen LogP contribution in [0.2, 0.25) is 0 Å². The van der Waals surface area contributed by atoms with Crippen LogP contribution in [0.4, 0.5) is 0 Å². The molecule has 0 aliphatic rings. The Morgan fingerprint density at radius 1 is 1.61 bits per heavy atom. The average Bonchev–Trinajstić information content (AvgIpc) is 2.81. The molecule has 0 saturated carbocycles. The third-order valence-corrected chi connectivity index (χ3v) is 3.04. The Hall–Kier alpha value is -2.07. The number of hydrogen-bond donors (Lipinski definition) is 1. The van der Waals surface area contributed by atoms with E-state index in [1.54, 1.807) is 12.4 Å². The van der Waals surface area contributed by atoms with E-state index in [0.717, 1.165) is 11.3 Å². The first kappa shape index (κ1) is 14.0. The molecule has 1 aromatic rings. The summed E-state index contributed by atoms with van der Waals surface area (Å²) in [5, 5.41) is 18.8. The summed E-state index contributed by atoms with van der Waals surface area (Å²) in [6.45, 7) is 0.0903. The average molecular weight is 268 g/mol. The van der Waals surface area contributed by atoms with Gasteiger partial charge in [0.25, 0.3) is 5.91 Å². The van der Waals surface area contributed by atoms with Crippen molar-refractivity contribution in [3.8, 4) is 11.8 Å². The number of aromatic carboxylic acids is 1. The first-order valence-electron chi connectivity index (χ1n) is 5.10. The van der Waals surface area contributed by atoms with Crippen LogP contribution < -0.4 is 4.74 Å². The van der Waals surface area contributed by atoms with Crippen LogP contribution in [0.25, 0.3) is 0 Å². The van der Waals surface area contributed by atoms with Crippen molar-refractivity contribution in [2.45, 2.75) is 6.42 Å². The van der Waals surface area contributed by atoms with Gasteiger partial charge in [0.1, 0.15) is 5.75 Å². The lowest BCUT2D eigenvalue weighted by Crippen LogP contribution is -2.32. The zero-order valence-electron chi connectivity index (χ0n) is 9.75. The maximum Gasteiger partial charge on any atom is 0.349 e. The number of ether oxygens (including phenoxy) is 1. The lowest BCUT2D eigenvalue weighted by atomic mass is 10.4. The fourth-order valence-corrected chi connectivity index (χ4v) is 1.83. The Morgan fingerprint density at radius 2 is 2.33 bits per heavy atom. The highest BCUT2D eigenvalue weighted by Gasteiger charge is 2.15. The number of likely N-dealkylation sites (N-methyl/N-ethyl adjacent to an activating group) is 1. The number of nitrogens with zero attached hydrogens (tertiary/aromatic N) is 2. The molecule has 0 spiro atoms. The van der Waals surface area contributed by atoms with Gasteiger partial charge in [-0.2, -0.15) is 5.26 Å². The lowest BCUT2D eigenvalue weighted by Gasteiger charge is -2.15. The lowest BCUT2D eigenvalue weighted by molar-refractivity contribution is -0.132. The number of carboxylic acid groups (broad SMARTS) is 1. The second-order valence-corrected chi connectivity index (χ2v) is 4.35. The number of amides is 1. The van der Waals surface area contributed by atoms with E-state index in [2.05, 4.69) is 0 Å². The van der Waals surface area contributed by atoms with Gasteiger partial charge in [0.2, 0.25) is 0 Å². The van der Waals surface area contributed by atoms with Crippen LogP contribution in [0, 0.1) is 11.3 Å². The van der Waals surface area contributed by atoms with Crippen LogP contribution in [0.1, 0.15) is 16.1 Å². The second-order valence-electron chi connectivity index (χ2n) is 3.43. The van der Waals surface area contributed by atoms with E-state index >= 15 is 0 Å². The standard InChI is InChI=1S/C11H12N2O4S/c1-13(5-2-4-12)9(14)7-17-8-3-6-18-10(8)11(15)16/h3,6H,2,5,7H2,1H3,(H,15,16). The SMILES string of the molecule is CN(CCC#N)C(=O)COc1ccsc1C(=O)O. The Morgan fingerprint density at radius 3 is 2.94 bits per heavy atom. The van der Waals surface area contributed by atoms with Crippen molar-refractivity contribution in [2.75, 3.05) is 20.2 Å². The van der Waals surface area contributed by atoms with Crippen molar-refractivity contribution in [1.29, 1.82) is 5.26 Å². The van der Waals surface area contributed by atoms with Gasteiger partial charge in [-0.1, -0.05) is 0 Å². The Bertz CT molecular complexity index is 478. The van der Waals surface area contributed by atoms with Crippen molar-refractivity contribution in [2.24, 2.45) is 0 Å². The minimum absolute atomic E-state index is 0.0717. The van der Waals surface area contributed by atoms with E-state index in [4.69, 9.17) is 15.1 Å². The van der Waals surface area contributed by atoms with Crippen molar-refractivity contribution < 1.29 is 19.4 Å². The third-order valence-electron chi connectivity index (χ3n) is 2.16. The number of carboxylic acids is 1. The molecule has 1 N–H and O–H groups in total. The van der Waals surface area contributed by atoms with Gasteiger partial charge in [0.15, 0.2) is 11.5 Å². The van der Waals surface area contributed by atoms with Gasteiger partial charge in [-0.25, -0.2) is 4.79 Å². The molecule has 1 aromatic heterocycles. The van der Waals surface area contributed by atoms with E-state index in [9.17, 15) is 9.59 Å². The molecule has 6 nitrogen and oxygen atoms in total. The molecule has 0 unspecified atom stereocenters. The van der Waals surface area contributed by atoms with E-state index < -0.39 is 5.97 Å². The van der Waals surface area contributed by atoms with Crippen molar-refractivity contribution in [1.82, 2.24) is 4.90 Å². The fourth-order valence-electron chi connectivity index (χ4n) is 1.16. The summed E-state index contributed by atoms with van der Waals surface area (Å²) in [6, 6.07) is 3.45. The normalized spacial score (nSPS) is 9.56. The Kier molecular flexibility index (Phi) is 5.14. The summed E-state index contributed by atoms with van der Waals surface area (Å²) in [4.78, 5) is 23.8. The van der Waals surface area contributed by atoms with Gasteiger partial charge in [0.05, 0.1) is 12.5 Å². The monoisotopic (exact) mass is 268 g/mol. The quantitative estimate of drug-likeness (QED) is 0.837. The van der Waals surface area contributed by atoms with Crippen LogP contribution >= 0.6 is 11.3 Å². The van der Waals surface area contributed by atoms with E-state index in [-0.39, 0.29) is 29.6 Å². The first-order chi connectivity index (χ1) is 8.56. The predicted molar refractivity (Wildman–Crippen MR) is 64.6 cm³/mol. The van der Waals surface area contributed by atoms with E-state index in [1.165, 1.54) is 11.0 Å². The van der Waals surface area contributed by atoms with Gasteiger partial charge in [-0.3, -0.25) is 4.79 Å². The second kappa shape index (κ2) is 6.61. The molecule has 0 bridgehead atoms. The third kappa shape index (κ3) is 3.75. The summed E-state index contributed by atoms with van der Waals surface area (Å²) < 4.78 is 5.16. The molecule has 96 valence electrons. The molecular weight excluding hydrogens is 256 g/mol. The molecule has 0 saturated heterocycles. The Labute approximate surface area is 108 Å². The minimum Gasteiger partial charge on any atom is -0.482 e. The van der Waals surface area contributed by atoms with Gasteiger partial charge in [0, 0.05) is 13.6 Å². The van der Waals surface area contributed by atoms with Crippen molar-refractivity contribution in [3.05, 3.63) is 16.3 Å². The van der Waals surface area contributed by atoms with Gasteiger partial charge in [-0.15, -0.1) is 11.3 Å². The van der Waals surface area contributed by atoms with Gasteiger partial charge < -0.3 is 14.7 Å². The summed E-state index contributed by atoms with van der Waals surface area (Å²) in [6.07, 6.45) is 0.251. The number of hydrogen-bond acceptors (Lipinski definition) is 5. The van der Waals surface area contributed by atoms with Crippen LogP contribution in [0.3, 0.4) is 0 Å². The summed E-state index contributed by atoms with van der Waals surface area (Å²) in [7, 11) is 1.56. The van der Waals surface area contributed by atoms with Crippen molar-refractivity contribution in [3.63, 3.8) is 0 Å². The zero-order valence-corrected chi connectivity index (χ0v) is 10.6. The van der Waals surface area contributed by atoms with Crippen molar-refractivity contribution >= 4 is 23.2 Å². The number of carbonyl (C=O) groups excluding carboxylic acids is 1. The molecule has 1 heterocycles. The number of rotatable bonds is 6. The number of nitriles is 1. The first-order valence-corrected chi connectivity index (χ1v) is 5.98. The van der Waals surface area contributed by atoms with E-state index in [1.807, 2.05) is 6.07 Å². The van der Waals surface area contributed by atoms with Gasteiger partial charge >= 0.3 is 5.97 Å². The maximum absolute atomic E-state index is 11.6. The molecule has 0 aliphatic carbocycles. The number of carbonyl (C=O) groups is 2. The van der Waals surface area contributed by atoms with Crippen LogP contribution in [-0.2, 0) is 4.79 Å². The molecule has 1 rings (SSSR count). The van der Waals surface area contributed by atoms with Crippen LogP contribution in [0.5, 0.6) is 5.75 Å². The van der Waals surface area contributed by atoms with E-state index in [0.29, 0.717) is 6.54 Å². The largest absolute Gasteiger partial charge is 0.482 e. The molecule has 1 amide bonds. The Balaban J connectivity index is 2.50. The molecule has 0 fully saturated rings. The molecule has 0 radical (unpaired) electrons. The molecule has 18 heavy (non-hydrogen) atoms. The topological polar surface area (TPSA) is 90.6 Å². The van der Waals surface area contributed by atoms with Crippen LogP contribution in [0.15, 0.2) is 11.4 Å². The highest BCUT2D eigenvalue weighted by Crippen LogP contribution is 2.24. The van der Waals surface area contributed by atoms with Gasteiger partial charge in [-0.05, 0) is 11.4 Å². The summed E-state index contributed by atoms with van der Waals surface area (Å²) >= 11 is 1.04. The smallest absolute Gasteiger partial charge is 0.349 e. The number of thiophene rings is 1. The maximum atomic E-state index is 11.6. The fraction of sp³-hybridized carbons (Fsp3) is 0.364.